The lowest BCUT2D eigenvalue weighted by Crippen LogP contribution is -2.43. The molecule has 1 amide bonds. The number of hydrogen-bond donors (Lipinski definition) is 1. The van der Waals surface area contributed by atoms with Crippen LogP contribution in [0.2, 0.25) is 0 Å². The maximum Gasteiger partial charge on any atom is 0.224 e. The standard InChI is InChI=1S/C10H20N2O/c1-8(2)11-10(13)9-5-4-6-12(3)7-9/h8-9H,4-7H2,1-3H3,(H,11,13). The summed E-state index contributed by atoms with van der Waals surface area (Å²) < 4.78 is 0. The Morgan fingerprint density at radius 2 is 2.23 bits per heavy atom. The Labute approximate surface area is 80.5 Å². The molecular formula is C10H20N2O. The summed E-state index contributed by atoms with van der Waals surface area (Å²) in [4.78, 5) is 13.8. The van der Waals surface area contributed by atoms with Gasteiger partial charge in [-0.2, -0.15) is 0 Å². The fourth-order valence-electron chi connectivity index (χ4n) is 1.78. The highest BCUT2D eigenvalue weighted by molar-refractivity contribution is 5.79. The van der Waals surface area contributed by atoms with Crippen LogP contribution in [0, 0.1) is 5.92 Å². The molecule has 1 aliphatic heterocycles. The van der Waals surface area contributed by atoms with Crippen LogP contribution in [0.4, 0.5) is 0 Å². The van der Waals surface area contributed by atoms with Gasteiger partial charge in [-0.15, -0.1) is 0 Å². The predicted octanol–water partition coefficient (Wildman–Crippen LogP) is 0.853. The minimum Gasteiger partial charge on any atom is -0.354 e. The van der Waals surface area contributed by atoms with Gasteiger partial charge in [-0.25, -0.2) is 0 Å². The zero-order valence-corrected chi connectivity index (χ0v) is 8.84. The number of nitrogens with one attached hydrogen (secondary N) is 1. The monoisotopic (exact) mass is 184 g/mol. The third kappa shape index (κ3) is 3.35. The van der Waals surface area contributed by atoms with Gasteiger partial charge in [0.1, 0.15) is 0 Å². The highest BCUT2D eigenvalue weighted by Gasteiger charge is 2.23. The summed E-state index contributed by atoms with van der Waals surface area (Å²) in [5, 5.41) is 2.97. The van der Waals surface area contributed by atoms with E-state index in [1.807, 2.05) is 13.8 Å². The molecule has 1 N–H and O–H groups in total. The lowest BCUT2D eigenvalue weighted by Gasteiger charge is -2.29. The molecule has 1 saturated heterocycles. The Hall–Kier alpha value is -0.570. The minimum atomic E-state index is 0.209. The van der Waals surface area contributed by atoms with E-state index in [0.29, 0.717) is 0 Å². The highest BCUT2D eigenvalue weighted by Crippen LogP contribution is 2.14. The van der Waals surface area contributed by atoms with Crippen molar-refractivity contribution >= 4 is 5.91 Å². The molecule has 0 saturated carbocycles. The summed E-state index contributed by atoms with van der Waals surface area (Å²) in [6, 6.07) is 0.264. The first-order chi connectivity index (χ1) is 6.09. The number of nitrogens with zero attached hydrogens (tertiary/aromatic N) is 1. The number of likely N-dealkylation sites (tertiary alicyclic amines) is 1. The SMILES string of the molecule is CC(C)NC(=O)C1CCCN(C)C1. The normalized spacial score (nSPS) is 24.8. The lowest BCUT2D eigenvalue weighted by molar-refractivity contribution is -0.127. The molecule has 1 rings (SSSR count). The third-order valence-corrected chi connectivity index (χ3v) is 2.43. The molecule has 0 aromatic heterocycles. The Balaban J connectivity index is 2.37. The number of carbonyl (C=O) groups excluding carboxylic acids is 1. The van der Waals surface area contributed by atoms with E-state index in [-0.39, 0.29) is 17.9 Å². The number of hydrogen-bond acceptors (Lipinski definition) is 2. The molecule has 1 atom stereocenters. The first kappa shape index (κ1) is 10.5. The van der Waals surface area contributed by atoms with Crippen molar-refractivity contribution in [3.63, 3.8) is 0 Å². The first-order valence-electron chi connectivity index (χ1n) is 5.08. The van der Waals surface area contributed by atoms with E-state index >= 15 is 0 Å². The van der Waals surface area contributed by atoms with Gasteiger partial charge < -0.3 is 10.2 Å². The summed E-state index contributed by atoms with van der Waals surface area (Å²) in [7, 11) is 2.08. The summed E-state index contributed by atoms with van der Waals surface area (Å²) >= 11 is 0. The molecule has 1 heterocycles. The maximum atomic E-state index is 11.6. The van der Waals surface area contributed by atoms with Gasteiger partial charge >= 0.3 is 0 Å². The molecule has 1 aliphatic rings. The maximum absolute atomic E-state index is 11.6. The molecule has 76 valence electrons. The fourth-order valence-corrected chi connectivity index (χ4v) is 1.78. The van der Waals surface area contributed by atoms with Gasteiger partial charge in [-0.3, -0.25) is 4.79 Å². The van der Waals surface area contributed by atoms with E-state index < -0.39 is 0 Å². The number of piperidine rings is 1. The second kappa shape index (κ2) is 4.61. The molecule has 0 spiro atoms. The quantitative estimate of drug-likeness (QED) is 0.690. The molecular weight excluding hydrogens is 164 g/mol. The van der Waals surface area contributed by atoms with E-state index in [9.17, 15) is 4.79 Å². The van der Waals surface area contributed by atoms with Crippen molar-refractivity contribution in [2.45, 2.75) is 32.7 Å². The molecule has 13 heavy (non-hydrogen) atoms. The molecule has 0 bridgehead atoms. The Morgan fingerprint density at radius 3 is 2.77 bits per heavy atom. The van der Waals surface area contributed by atoms with E-state index in [0.717, 1.165) is 25.9 Å². The zero-order chi connectivity index (χ0) is 9.84. The van der Waals surface area contributed by atoms with Gasteiger partial charge in [0.15, 0.2) is 0 Å². The second-order valence-electron chi connectivity index (χ2n) is 4.26. The molecule has 0 aliphatic carbocycles. The van der Waals surface area contributed by atoms with Crippen molar-refractivity contribution in [1.82, 2.24) is 10.2 Å². The van der Waals surface area contributed by atoms with Crippen LogP contribution in [-0.2, 0) is 4.79 Å². The third-order valence-electron chi connectivity index (χ3n) is 2.43. The summed E-state index contributed by atoms with van der Waals surface area (Å²) in [5.41, 5.74) is 0. The van der Waals surface area contributed by atoms with Crippen molar-refractivity contribution in [1.29, 1.82) is 0 Å². The van der Waals surface area contributed by atoms with E-state index in [2.05, 4.69) is 17.3 Å². The van der Waals surface area contributed by atoms with Crippen molar-refractivity contribution in [2.24, 2.45) is 5.92 Å². The van der Waals surface area contributed by atoms with Crippen LogP contribution in [0.3, 0.4) is 0 Å². The van der Waals surface area contributed by atoms with Crippen LogP contribution in [0.25, 0.3) is 0 Å². The lowest BCUT2D eigenvalue weighted by atomic mass is 9.97. The summed E-state index contributed by atoms with van der Waals surface area (Å²) in [6.07, 6.45) is 2.19. The van der Waals surface area contributed by atoms with Gasteiger partial charge in [0.05, 0.1) is 5.92 Å². The molecule has 1 unspecified atom stereocenters. The zero-order valence-electron chi connectivity index (χ0n) is 8.84. The summed E-state index contributed by atoms with van der Waals surface area (Å²) in [5.74, 6) is 0.433. The van der Waals surface area contributed by atoms with Gasteiger partial charge in [0, 0.05) is 12.6 Å². The van der Waals surface area contributed by atoms with E-state index in [4.69, 9.17) is 0 Å². The average Bonchev–Trinajstić information content (AvgIpc) is 2.03. The van der Waals surface area contributed by atoms with Crippen LogP contribution in [0.1, 0.15) is 26.7 Å². The first-order valence-corrected chi connectivity index (χ1v) is 5.08. The Morgan fingerprint density at radius 1 is 1.54 bits per heavy atom. The topological polar surface area (TPSA) is 32.3 Å². The molecule has 0 radical (unpaired) electrons. The summed E-state index contributed by atoms with van der Waals surface area (Å²) in [6.45, 7) is 6.05. The Kier molecular flexibility index (Phi) is 3.72. The number of amides is 1. The van der Waals surface area contributed by atoms with Crippen molar-refractivity contribution in [3.8, 4) is 0 Å². The molecule has 1 fully saturated rings. The number of carbonyl (C=O) groups is 1. The second-order valence-corrected chi connectivity index (χ2v) is 4.26. The Bertz CT molecular complexity index is 180. The van der Waals surface area contributed by atoms with E-state index in [1.165, 1.54) is 0 Å². The van der Waals surface area contributed by atoms with Crippen molar-refractivity contribution in [3.05, 3.63) is 0 Å². The molecule has 0 aromatic rings. The largest absolute Gasteiger partial charge is 0.354 e. The van der Waals surface area contributed by atoms with Gasteiger partial charge in [0.25, 0.3) is 0 Å². The fraction of sp³-hybridized carbons (Fsp3) is 0.900. The van der Waals surface area contributed by atoms with Crippen LogP contribution < -0.4 is 5.32 Å². The van der Waals surface area contributed by atoms with Crippen LogP contribution in [-0.4, -0.2) is 37.0 Å². The minimum absolute atomic E-state index is 0.209. The van der Waals surface area contributed by atoms with Crippen LogP contribution in [0.15, 0.2) is 0 Å². The van der Waals surface area contributed by atoms with Gasteiger partial charge in [-0.1, -0.05) is 0 Å². The average molecular weight is 184 g/mol. The highest BCUT2D eigenvalue weighted by atomic mass is 16.1. The van der Waals surface area contributed by atoms with Gasteiger partial charge in [0.2, 0.25) is 5.91 Å². The van der Waals surface area contributed by atoms with Crippen molar-refractivity contribution < 1.29 is 4.79 Å². The van der Waals surface area contributed by atoms with Crippen LogP contribution in [0.5, 0.6) is 0 Å². The van der Waals surface area contributed by atoms with E-state index in [1.54, 1.807) is 0 Å². The molecule has 3 nitrogen and oxygen atoms in total. The van der Waals surface area contributed by atoms with Gasteiger partial charge in [-0.05, 0) is 40.3 Å². The predicted molar refractivity (Wildman–Crippen MR) is 53.5 cm³/mol. The number of rotatable bonds is 2. The molecule has 0 aromatic carbocycles. The smallest absolute Gasteiger partial charge is 0.224 e. The van der Waals surface area contributed by atoms with Crippen LogP contribution >= 0.6 is 0 Å². The van der Waals surface area contributed by atoms with Crippen molar-refractivity contribution in [2.75, 3.05) is 20.1 Å². The molecule has 3 heteroatoms.